The normalized spacial score (nSPS) is 21.6. The number of rotatable bonds is 0. The van der Waals surface area contributed by atoms with Crippen molar-refractivity contribution in [1.82, 2.24) is 13.9 Å². The number of aromatic nitrogens is 3. The SMILES string of the molecule is Cn1c(=O)n2n(c1=O)[C@H]1c3cccc4cccc(c34)[C@H]12. The van der Waals surface area contributed by atoms with Crippen molar-refractivity contribution in [3.8, 4) is 0 Å². The second-order valence-corrected chi connectivity index (χ2v) is 5.50. The monoisotopic (exact) mass is 265 g/mol. The third-order valence-corrected chi connectivity index (χ3v) is 4.63. The molecule has 0 saturated carbocycles. The molecule has 0 unspecified atom stereocenters. The van der Waals surface area contributed by atoms with Crippen LogP contribution in [0.5, 0.6) is 0 Å². The zero-order valence-corrected chi connectivity index (χ0v) is 10.8. The molecule has 5 nitrogen and oxygen atoms in total. The van der Waals surface area contributed by atoms with Gasteiger partial charge in [-0.15, -0.1) is 0 Å². The third-order valence-electron chi connectivity index (χ3n) is 4.63. The maximum absolute atomic E-state index is 12.2. The summed E-state index contributed by atoms with van der Waals surface area (Å²) in [6.07, 6.45) is 0. The number of benzene rings is 2. The lowest BCUT2D eigenvalue weighted by Crippen LogP contribution is -2.46. The summed E-state index contributed by atoms with van der Waals surface area (Å²) in [5.41, 5.74) is 1.83. The van der Waals surface area contributed by atoms with E-state index >= 15 is 0 Å². The van der Waals surface area contributed by atoms with Gasteiger partial charge in [0.15, 0.2) is 0 Å². The Labute approximate surface area is 113 Å². The lowest BCUT2D eigenvalue weighted by atomic mass is 10.0. The summed E-state index contributed by atoms with van der Waals surface area (Å²) in [6, 6.07) is 12.2. The van der Waals surface area contributed by atoms with Gasteiger partial charge in [-0.1, -0.05) is 36.4 Å². The molecule has 5 rings (SSSR count). The maximum atomic E-state index is 12.2. The van der Waals surface area contributed by atoms with Crippen LogP contribution in [0.1, 0.15) is 23.2 Å². The van der Waals surface area contributed by atoms with Gasteiger partial charge in [0.25, 0.3) is 0 Å². The fourth-order valence-corrected chi connectivity index (χ4v) is 3.77. The number of hydrogen-bond acceptors (Lipinski definition) is 2. The van der Waals surface area contributed by atoms with Crippen LogP contribution in [0, 0.1) is 0 Å². The van der Waals surface area contributed by atoms with Crippen LogP contribution in [0.3, 0.4) is 0 Å². The Balaban J connectivity index is 1.97. The fraction of sp³-hybridized carbons (Fsp3) is 0.200. The Bertz CT molecular complexity index is 946. The van der Waals surface area contributed by atoms with E-state index in [0.717, 1.165) is 11.1 Å². The van der Waals surface area contributed by atoms with E-state index in [0.29, 0.717) is 0 Å². The van der Waals surface area contributed by atoms with Crippen LogP contribution in [0.2, 0.25) is 0 Å². The highest BCUT2D eigenvalue weighted by molar-refractivity contribution is 5.92. The molecular formula is C15H11N3O2. The Morgan fingerprint density at radius 2 is 1.35 bits per heavy atom. The molecule has 5 heteroatoms. The molecule has 1 aromatic heterocycles. The Kier molecular flexibility index (Phi) is 1.51. The molecule has 0 fully saturated rings. The smallest absolute Gasteiger partial charge is 0.246 e. The van der Waals surface area contributed by atoms with Crippen LogP contribution in [0.25, 0.3) is 10.8 Å². The van der Waals surface area contributed by atoms with Gasteiger partial charge in [0.2, 0.25) is 0 Å². The molecular weight excluding hydrogens is 254 g/mol. The summed E-state index contributed by atoms with van der Waals surface area (Å²) in [5, 5.41) is 2.37. The molecule has 0 bridgehead atoms. The van der Waals surface area contributed by atoms with Crippen LogP contribution >= 0.6 is 0 Å². The highest BCUT2D eigenvalue weighted by Gasteiger charge is 2.48. The van der Waals surface area contributed by atoms with Crippen molar-refractivity contribution in [3.05, 3.63) is 68.5 Å². The highest BCUT2D eigenvalue weighted by atomic mass is 16.2. The molecule has 0 saturated heterocycles. The highest BCUT2D eigenvalue weighted by Crippen LogP contribution is 2.51. The van der Waals surface area contributed by atoms with Gasteiger partial charge in [0, 0.05) is 7.05 Å². The largest absolute Gasteiger partial charge is 0.347 e. The zero-order chi connectivity index (χ0) is 13.6. The summed E-state index contributed by atoms with van der Waals surface area (Å²) in [4.78, 5) is 24.4. The van der Waals surface area contributed by atoms with Gasteiger partial charge in [-0.2, -0.15) is 0 Å². The van der Waals surface area contributed by atoms with E-state index in [1.807, 2.05) is 12.1 Å². The molecule has 3 aromatic rings. The maximum Gasteiger partial charge on any atom is 0.347 e. The van der Waals surface area contributed by atoms with Gasteiger partial charge in [0.05, 0.1) is 0 Å². The molecule has 0 amide bonds. The van der Waals surface area contributed by atoms with Crippen LogP contribution in [0.4, 0.5) is 0 Å². The van der Waals surface area contributed by atoms with Crippen LogP contribution in [-0.4, -0.2) is 13.9 Å². The quantitative estimate of drug-likeness (QED) is 0.609. The van der Waals surface area contributed by atoms with Crippen LogP contribution < -0.4 is 11.4 Å². The first-order chi connectivity index (χ1) is 9.70. The van der Waals surface area contributed by atoms with Gasteiger partial charge in [0.1, 0.15) is 12.1 Å². The summed E-state index contributed by atoms with van der Waals surface area (Å²) in [5.74, 6) is 0. The molecule has 2 heterocycles. The number of fused-ring (bicyclic) bond motifs is 6. The van der Waals surface area contributed by atoms with E-state index in [1.54, 1.807) is 9.36 Å². The summed E-state index contributed by atoms with van der Waals surface area (Å²) < 4.78 is 4.35. The fourth-order valence-electron chi connectivity index (χ4n) is 3.77. The van der Waals surface area contributed by atoms with Gasteiger partial charge in [-0.25, -0.2) is 23.5 Å². The van der Waals surface area contributed by atoms with E-state index in [2.05, 4.69) is 24.3 Å². The van der Waals surface area contributed by atoms with Crippen molar-refractivity contribution in [1.29, 1.82) is 0 Å². The standard InChI is InChI=1S/C15H11N3O2/c1-16-14(19)17-12-9-6-2-4-8-5-3-7-10(11(8)9)13(12)18(17)15(16)20/h2-7,12-13H,1H3/t12-,13+. The minimum atomic E-state index is -0.235. The Hall–Kier alpha value is -2.56. The number of hydrogen-bond donors (Lipinski definition) is 0. The van der Waals surface area contributed by atoms with Crippen molar-refractivity contribution in [2.24, 2.45) is 7.05 Å². The van der Waals surface area contributed by atoms with Crippen molar-refractivity contribution in [2.45, 2.75) is 12.1 Å². The first kappa shape index (κ1) is 10.3. The topological polar surface area (TPSA) is 48.9 Å². The minimum Gasteiger partial charge on any atom is -0.246 e. The van der Waals surface area contributed by atoms with Gasteiger partial charge in [-0.3, -0.25) is 0 Å². The molecule has 98 valence electrons. The van der Waals surface area contributed by atoms with E-state index in [-0.39, 0.29) is 23.5 Å². The summed E-state index contributed by atoms with van der Waals surface area (Å²) in [6.45, 7) is 0. The Morgan fingerprint density at radius 1 is 0.850 bits per heavy atom. The molecule has 0 radical (unpaired) electrons. The van der Waals surface area contributed by atoms with E-state index in [4.69, 9.17) is 0 Å². The van der Waals surface area contributed by atoms with Gasteiger partial charge >= 0.3 is 11.4 Å². The molecule has 2 aromatic carbocycles. The van der Waals surface area contributed by atoms with Gasteiger partial charge in [-0.05, 0) is 21.9 Å². The third kappa shape index (κ3) is 0.853. The van der Waals surface area contributed by atoms with Crippen molar-refractivity contribution >= 4 is 10.8 Å². The lowest BCUT2D eigenvalue weighted by molar-refractivity contribution is 0.201. The second kappa shape index (κ2) is 2.95. The number of nitrogens with zero attached hydrogens (tertiary/aromatic N) is 3. The molecule has 2 atom stereocenters. The predicted molar refractivity (Wildman–Crippen MR) is 74.2 cm³/mol. The van der Waals surface area contributed by atoms with E-state index in [1.165, 1.54) is 22.4 Å². The lowest BCUT2D eigenvalue weighted by Gasteiger charge is -2.35. The van der Waals surface area contributed by atoms with Crippen molar-refractivity contribution in [2.75, 3.05) is 0 Å². The minimum absolute atomic E-state index is 0.0301. The summed E-state index contributed by atoms with van der Waals surface area (Å²) >= 11 is 0. The van der Waals surface area contributed by atoms with Crippen molar-refractivity contribution in [3.63, 3.8) is 0 Å². The molecule has 1 aliphatic carbocycles. The molecule has 1 aliphatic heterocycles. The molecule has 0 N–H and O–H groups in total. The average molecular weight is 265 g/mol. The molecule has 20 heavy (non-hydrogen) atoms. The molecule has 0 spiro atoms. The molecule has 2 aliphatic rings. The van der Waals surface area contributed by atoms with E-state index < -0.39 is 0 Å². The predicted octanol–water partition coefficient (Wildman–Crippen LogP) is 1.01. The Morgan fingerprint density at radius 3 is 1.85 bits per heavy atom. The first-order valence-corrected chi connectivity index (χ1v) is 6.62. The van der Waals surface area contributed by atoms with Gasteiger partial charge < -0.3 is 0 Å². The average Bonchev–Trinajstić information content (AvgIpc) is 2.79. The van der Waals surface area contributed by atoms with Crippen LogP contribution in [0.15, 0.2) is 46.0 Å². The van der Waals surface area contributed by atoms with E-state index in [9.17, 15) is 9.59 Å². The second-order valence-electron chi connectivity index (χ2n) is 5.50. The first-order valence-electron chi connectivity index (χ1n) is 6.62. The van der Waals surface area contributed by atoms with Crippen molar-refractivity contribution < 1.29 is 0 Å². The zero-order valence-electron chi connectivity index (χ0n) is 10.8. The van der Waals surface area contributed by atoms with Crippen LogP contribution in [-0.2, 0) is 7.05 Å². The summed E-state index contributed by atoms with van der Waals surface area (Å²) in [7, 11) is 1.53.